The molecular weight excluding hydrogens is 446 g/mol. The fourth-order valence-electron chi connectivity index (χ4n) is 3.04. The van der Waals surface area contributed by atoms with Crippen molar-refractivity contribution in [1.82, 2.24) is 30.5 Å². The summed E-state index contributed by atoms with van der Waals surface area (Å²) in [6.45, 7) is 0.631. The number of rotatable bonds is 10. The van der Waals surface area contributed by atoms with E-state index in [2.05, 4.69) is 31.1 Å². The number of nitrogens with one attached hydrogen (secondary N) is 2. The van der Waals surface area contributed by atoms with Gasteiger partial charge < -0.3 is 10.6 Å². The van der Waals surface area contributed by atoms with Crippen molar-refractivity contribution >= 4 is 27.5 Å². The molecule has 0 aliphatic rings. The molecule has 0 spiro atoms. The molecule has 3 rings (SSSR count). The van der Waals surface area contributed by atoms with E-state index in [1.165, 1.54) is 12.1 Å². The van der Waals surface area contributed by atoms with Crippen molar-refractivity contribution in [3.63, 3.8) is 0 Å². The van der Waals surface area contributed by atoms with E-state index >= 15 is 0 Å². The molecule has 0 atom stereocenters. The lowest BCUT2D eigenvalue weighted by Gasteiger charge is -2.06. The second-order valence-electron chi connectivity index (χ2n) is 7.46. The average molecular weight is 472 g/mol. The molecule has 0 bridgehead atoms. The van der Waals surface area contributed by atoms with Gasteiger partial charge in [0.05, 0.1) is 23.2 Å². The number of amides is 2. The quantitative estimate of drug-likeness (QED) is 0.417. The minimum absolute atomic E-state index is 0.0245. The van der Waals surface area contributed by atoms with Crippen LogP contribution < -0.4 is 10.6 Å². The van der Waals surface area contributed by atoms with Crippen LogP contribution in [0, 0.1) is 0 Å². The monoisotopic (exact) mass is 471 g/mol. The first-order chi connectivity index (χ1) is 15.7. The summed E-state index contributed by atoms with van der Waals surface area (Å²) in [6, 6.07) is 9.77. The molecule has 2 amide bonds. The molecule has 3 aromatic rings. The number of aromatic nitrogens is 5. The van der Waals surface area contributed by atoms with Crippen LogP contribution in [0.25, 0.3) is 0 Å². The highest BCUT2D eigenvalue weighted by molar-refractivity contribution is 7.90. The first-order valence-electron chi connectivity index (χ1n) is 10.3. The van der Waals surface area contributed by atoms with E-state index in [1.54, 1.807) is 42.2 Å². The van der Waals surface area contributed by atoms with Gasteiger partial charge in [-0.2, -0.15) is 5.10 Å². The third kappa shape index (κ3) is 7.17. The number of anilines is 1. The van der Waals surface area contributed by atoms with Gasteiger partial charge in [0.25, 0.3) is 5.91 Å². The second kappa shape index (κ2) is 10.8. The van der Waals surface area contributed by atoms with E-state index in [9.17, 15) is 18.0 Å². The highest BCUT2D eigenvalue weighted by Crippen LogP contribution is 2.13. The Labute approximate surface area is 191 Å². The van der Waals surface area contributed by atoms with E-state index < -0.39 is 9.84 Å². The van der Waals surface area contributed by atoms with Gasteiger partial charge in [0.1, 0.15) is 0 Å². The molecule has 2 heterocycles. The van der Waals surface area contributed by atoms with Crippen molar-refractivity contribution in [1.29, 1.82) is 0 Å². The fourth-order valence-corrected chi connectivity index (χ4v) is 3.73. The van der Waals surface area contributed by atoms with Gasteiger partial charge in [0, 0.05) is 19.8 Å². The van der Waals surface area contributed by atoms with Gasteiger partial charge in [-0.1, -0.05) is 17.3 Å². The van der Waals surface area contributed by atoms with Crippen molar-refractivity contribution in [2.45, 2.75) is 37.1 Å². The first kappa shape index (κ1) is 24.0. The number of nitrogens with zero attached hydrogens (tertiary/aromatic N) is 5. The number of hydrogen-bond donors (Lipinski definition) is 2. The number of aryl methyl sites for hydroxylation is 2. The van der Waals surface area contributed by atoms with Gasteiger partial charge in [0.15, 0.2) is 21.3 Å². The van der Waals surface area contributed by atoms with Crippen LogP contribution in [-0.4, -0.2) is 58.7 Å². The fraction of sp³-hybridized carbons (Fsp3) is 0.333. The molecule has 12 heteroatoms. The molecule has 174 valence electrons. The average Bonchev–Trinajstić information content (AvgIpc) is 3.26. The molecule has 0 aliphatic carbocycles. The Bertz CT molecular complexity index is 1220. The molecule has 0 aliphatic heterocycles. The number of sulfone groups is 1. The third-order valence-electron chi connectivity index (χ3n) is 4.75. The summed E-state index contributed by atoms with van der Waals surface area (Å²) in [6.07, 6.45) is 5.12. The summed E-state index contributed by atoms with van der Waals surface area (Å²) in [7, 11) is -1.79. The SMILES string of the molecule is CNC(=O)c1cn(CCCCc2ccc(NC(=O)Cc3cccc(S(C)(=O)=O)c3)nn2)nn1. The van der Waals surface area contributed by atoms with Crippen molar-refractivity contribution in [3.05, 3.63) is 59.5 Å². The maximum absolute atomic E-state index is 12.3. The highest BCUT2D eigenvalue weighted by Gasteiger charge is 2.11. The molecule has 0 saturated carbocycles. The van der Waals surface area contributed by atoms with Crippen LogP contribution >= 0.6 is 0 Å². The van der Waals surface area contributed by atoms with Crippen LogP contribution in [0.5, 0.6) is 0 Å². The van der Waals surface area contributed by atoms with E-state index in [1.807, 2.05) is 0 Å². The first-order valence-corrected chi connectivity index (χ1v) is 12.2. The molecule has 2 aromatic heterocycles. The Balaban J connectivity index is 1.44. The van der Waals surface area contributed by atoms with Crippen molar-refractivity contribution in [2.24, 2.45) is 0 Å². The molecular formula is C21H25N7O4S. The molecule has 0 unspecified atom stereocenters. The van der Waals surface area contributed by atoms with Gasteiger partial charge in [-0.25, -0.2) is 8.42 Å². The molecule has 0 radical (unpaired) electrons. The Hall–Kier alpha value is -3.67. The number of unbranched alkanes of at least 4 members (excludes halogenated alkanes) is 1. The number of benzene rings is 1. The zero-order valence-electron chi connectivity index (χ0n) is 18.4. The van der Waals surface area contributed by atoms with Gasteiger partial charge in [0.2, 0.25) is 5.91 Å². The van der Waals surface area contributed by atoms with E-state index in [4.69, 9.17) is 0 Å². The second-order valence-corrected chi connectivity index (χ2v) is 9.47. The molecule has 11 nitrogen and oxygen atoms in total. The molecule has 2 N–H and O–H groups in total. The van der Waals surface area contributed by atoms with Crippen molar-refractivity contribution in [3.8, 4) is 0 Å². The van der Waals surface area contributed by atoms with Gasteiger partial charge in [-0.05, 0) is 49.1 Å². The van der Waals surface area contributed by atoms with Crippen LogP contribution in [0.3, 0.4) is 0 Å². The largest absolute Gasteiger partial charge is 0.354 e. The van der Waals surface area contributed by atoms with E-state index in [0.717, 1.165) is 24.8 Å². The van der Waals surface area contributed by atoms with Crippen LogP contribution in [0.1, 0.15) is 34.6 Å². The predicted octanol–water partition coefficient (Wildman–Crippen LogP) is 1.04. The van der Waals surface area contributed by atoms with Crippen molar-refractivity contribution in [2.75, 3.05) is 18.6 Å². The summed E-state index contributed by atoms with van der Waals surface area (Å²) >= 11 is 0. The zero-order chi connectivity index (χ0) is 23.8. The van der Waals surface area contributed by atoms with Gasteiger partial charge in [-0.3, -0.25) is 14.3 Å². The maximum Gasteiger partial charge on any atom is 0.273 e. The Morgan fingerprint density at radius 2 is 1.88 bits per heavy atom. The van der Waals surface area contributed by atoms with Gasteiger partial charge >= 0.3 is 0 Å². The van der Waals surface area contributed by atoms with Gasteiger partial charge in [-0.15, -0.1) is 10.2 Å². The number of carbonyl (C=O) groups excluding carboxylic acids is 2. The number of carbonyl (C=O) groups is 2. The van der Waals surface area contributed by atoms with E-state index in [0.29, 0.717) is 24.3 Å². The van der Waals surface area contributed by atoms with Crippen LogP contribution in [-0.2, 0) is 34.0 Å². The summed E-state index contributed by atoms with van der Waals surface area (Å²) in [5.41, 5.74) is 1.66. The minimum atomic E-state index is -3.33. The smallest absolute Gasteiger partial charge is 0.273 e. The summed E-state index contributed by atoms with van der Waals surface area (Å²) < 4.78 is 24.9. The Morgan fingerprint density at radius 3 is 2.58 bits per heavy atom. The predicted molar refractivity (Wildman–Crippen MR) is 120 cm³/mol. The van der Waals surface area contributed by atoms with Crippen molar-refractivity contribution < 1.29 is 18.0 Å². The van der Waals surface area contributed by atoms with Crippen LogP contribution in [0.15, 0.2) is 47.5 Å². The molecule has 0 saturated heterocycles. The maximum atomic E-state index is 12.3. The Morgan fingerprint density at radius 1 is 1.06 bits per heavy atom. The minimum Gasteiger partial charge on any atom is -0.354 e. The van der Waals surface area contributed by atoms with E-state index in [-0.39, 0.29) is 28.8 Å². The standard InChI is InChI=1S/C21H25N7O4S/c1-22-21(30)18-14-28(27-25-18)11-4-3-7-16-9-10-19(26-24-16)23-20(29)13-15-6-5-8-17(12-15)33(2,31)32/h5-6,8-10,12,14H,3-4,7,11,13H2,1-2H3,(H,22,30)(H,23,26,29). The molecule has 0 fully saturated rings. The topological polar surface area (TPSA) is 149 Å². The lowest BCUT2D eigenvalue weighted by atomic mass is 10.1. The number of hydrogen-bond acceptors (Lipinski definition) is 8. The summed E-state index contributed by atoms with van der Waals surface area (Å²) in [5, 5.41) is 21.1. The zero-order valence-corrected chi connectivity index (χ0v) is 19.2. The lowest BCUT2D eigenvalue weighted by Crippen LogP contribution is -2.18. The summed E-state index contributed by atoms with van der Waals surface area (Å²) in [5.74, 6) is -0.259. The van der Waals surface area contributed by atoms with Crippen LogP contribution in [0.2, 0.25) is 0 Å². The molecule has 1 aromatic carbocycles. The lowest BCUT2D eigenvalue weighted by molar-refractivity contribution is -0.115. The summed E-state index contributed by atoms with van der Waals surface area (Å²) in [4.78, 5) is 23.9. The highest BCUT2D eigenvalue weighted by atomic mass is 32.2. The third-order valence-corrected chi connectivity index (χ3v) is 5.86. The molecule has 33 heavy (non-hydrogen) atoms. The van der Waals surface area contributed by atoms with Crippen LogP contribution in [0.4, 0.5) is 5.82 Å². The Kier molecular flexibility index (Phi) is 7.83. The normalized spacial score (nSPS) is 11.2.